The van der Waals surface area contributed by atoms with E-state index in [2.05, 4.69) is 9.97 Å². The lowest BCUT2D eigenvalue weighted by atomic mass is 10.1. The predicted octanol–water partition coefficient (Wildman–Crippen LogP) is 3.37. The molecule has 0 unspecified atom stereocenters. The van der Waals surface area contributed by atoms with E-state index in [4.69, 9.17) is 14.2 Å². The van der Waals surface area contributed by atoms with E-state index in [9.17, 15) is 9.18 Å². The third-order valence-electron chi connectivity index (χ3n) is 4.60. The standard InChI is InChI=1S/C21H18FN3O4/c1-27-15-4-3-14(23-9-15)12-29-19-8-17-13(7-18(19)22)11-25(21(17)26)20-6-5-16(28-2)10-24-20/h3-10H,11-12H2,1-2H3. The molecule has 2 aromatic heterocycles. The van der Waals surface area contributed by atoms with Gasteiger partial charge in [-0.25, -0.2) is 9.37 Å². The molecule has 148 valence electrons. The first-order chi connectivity index (χ1) is 14.1. The van der Waals surface area contributed by atoms with Gasteiger partial charge in [-0.1, -0.05) is 0 Å². The van der Waals surface area contributed by atoms with Crippen LogP contribution in [0.15, 0.2) is 48.8 Å². The molecular weight excluding hydrogens is 377 g/mol. The molecule has 4 rings (SSSR count). The lowest BCUT2D eigenvalue weighted by Gasteiger charge is -2.14. The highest BCUT2D eigenvalue weighted by molar-refractivity contribution is 6.09. The monoisotopic (exact) mass is 395 g/mol. The normalized spacial score (nSPS) is 12.7. The van der Waals surface area contributed by atoms with Gasteiger partial charge in [-0.3, -0.25) is 14.7 Å². The highest BCUT2D eigenvalue weighted by Crippen LogP contribution is 2.32. The maximum absolute atomic E-state index is 14.5. The molecule has 3 aromatic rings. The number of carbonyl (C=O) groups excluding carboxylic acids is 1. The van der Waals surface area contributed by atoms with E-state index in [1.807, 2.05) is 0 Å². The number of hydrogen-bond acceptors (Lipinski definition) is 6. The Labute approximate surface area is 166 Å². The van der Waals surface area contributed by atoms with Crippen molar-refractivity contribution in [1.29, 1.82) is 0 Å². The van der Waals surface area contributed by atoms with Crippen molar-refractivity contribution in [2.75, 3.05) is 19.1 Å². The van der Waals surface area contributed by atoms with Crippen molar-refractivity contribution >= 4 is 11.7 Å². The number of pyridine rings is 2. The largest absolute Gasteiger partial charge is 0.495 e. The summed E-state index contributed by atoms with van der Waals surface area (Å²) in [6.07, 6.45) is 3.09. The summed E-state index contributed by atoms with van der Waals surface area (Å²) < 4.78 is 30.2. The molecule has 0 saturated heterocycles. The first-order valence-corrected chi connectivity index (χ1v) is 8.85. The van der Waals surface area contributed by atoms with Crippen LogP contribution in [-0.4, -0.2) is 30.1 Å². The fraction of sp³-hybridized carbons (Fsp3) is 0.190. The maximum Gasteiger partial charge on any atom is 0.260 e. The molecule has 29 heavy (non-hydrogen) atoms. The molecule has 0 saturated carbocycles. The van der Waals surface area contributed by atoms with E-state index in [1.54, 1.807) is 44.7 Å². The number of fused-ring (bicyclic) bond motifs is 1. The number of nitrogens with zero attached hydrogens (tertiary/aromatic N) is 3. The van der Waals surface area contributed by atoms with Crippen LogP contribution in [0, 0.1) is 5.82 Å². The SMILES string of the molecule is COc1ccc(COc2cc3c(cc2F)CN(c2ccc(OC)cn2)C3=O)nc1. The molecule has 1 aliphatic heterocycles. The number of halogens is 1. The van der Waals surface area contributed by atoms with Gasteiger partial charge in [0.25, 0.3) is 5.91 Å². The van der Waals surface area contributed by atoms with Crippen molar-refractivity contribution in [1.82, 2.24) is 9.97 Å². The minimum atomic E-state index is -0.533. The minimum absolute atomic E-state index is 0.000687. The van der Waals surface area contributed by atoms with Crippen LogP contribution < -0.4 is 19.1 Å². The summed E-state index contributed by atoms with van der Waals surface area (Å²) in [6.45, 7) is 0.308. The zero-order chi connectivity index (χ0) is 20.4. The molecule has 0 N–H and O–H groups in total. The molecule has 1 aromatic carbocycles. The summed E-state index contributed by atoms with van der Waals surface area (Å²) in [7, 11) is 3.09. The van der Waals surface area contributed by atoms with Crippen LogP contribution in [0.25, 0.3) is 0 Å². The van der Waals surface area contributed by atoms with E-state index in [0.29, 0.717) is 34.1 Å². The Morgan fingerprint density at radius 2 is 1.76 bits per heavy atom. The van der Waals surface area contributed by atoms with Crippen LogP contribution >= 0.6 is 0 Å². The first-order valence-electron chi connectivity index (χ1n) is 8.85. The van der Waals surface area contributed by atoms with E-state index in [0.717, 1.165) is 0 Å². The van der Waals surface area contributed by atoms with Gasteiger partial charge in [0.2, 0.25) is 0 Å². The van der Waals surface area contributed by atoms with Gasteiger partial charge < -0.3 is 14.2 Å². The summed E-state index contributed by atoms with van der Waals surface area (Å²) in [6, 6.07) is 9.63. The van der Waals surface area contributed by atoms with Crippen molar-refractivity contribution in [3.63, 3.8) is 0 Å². The van der Waals surface area contributed by atoms with E-state index in [1.165, 1.54) is 23.2 Å². The van der Waals surface area contributed by atoms with Crippen LogP contribution in [0.2, 0.25) is 0 Å². The van der Waals surface area contributed by atoms with Gasteiger partial charge in [0, 0.05) is 5.56 Å². The molecule has 1 aliphatic rings. The van der Waals surface area contributed by atoms with Gasteiger partial charge in [0.05, 0.1) is 38.9 Å². The molecule has 8 heteroatoms. The van der Waals surface area contributed by atoms with E-state index >= 15 is 0 Å². The third-order valence-corrected chi connectivity index (χ3v) is 4.60. The number of anilines is 1. The maximum atomic E-state index is 14.5. The van der Waals surface area contributed by atoms with Gasteiger partial charge in [-0.2, -0.15) is 0 Å². The van der Waals surface area contributed by atoms with Gasteiger partial charge in [0.15, 0.2) is 11.6 Å². The molecule has 0 aliphatic carbocycles. The molecule has 0 fully saturated rings. The van der Waals surface area contributed by atoms with Gasteiger partial charge in [-0.05, 0) is 42.0 Å². The Hall–Kier alpha value is -3.68. The second-order valence-electron chi connectivity index (χ2n) is 6.37. The molecule has 7 nitrogen and oxygen atoms in total. The van der Waals surface area contributed by atoms with Gasteiger partial charge >= 0.3 is 0 Å². The Morgan fingerprint density at radius 1 is 1.03 bits per heavy atom. The zero-order valence-electron chi connectivity index (χ0n) is 15.9. The summed E-state index contributed by atoms with van der Waals surface area (Å²) in [4.78, 5) is 22.7. The average Bonchev–Trinajstić information content (AvgIpc) is 3.07. The zero-order valence-corrected chi connectivity index (χ0v) is 15.9. The number of ether oxygens (including phenoxy) is 3. The third kappa shape index (κ3) is 3.69. The van der Waals surface area contributed by atoms with Crippen LogP contribution in [0.1, 0.15) is 21.6 Å². The topological polar surface area (TPSA) is 73.8 Å². The van der Waals surface area contributed by atoms with Crippen molar-refractivity contribution in [3.05, 3.63) is 71.4 Å². The number of amides is 1. The van der Waals surface area contributed by atoms with Crippen molar-refractivity contribution in [3.8, 4) is 17.2 Å². The first kappa shape index (κ1) is 18.7. The second kappa shape index (κ2) is 7.75. The molecule has 1 amide bonds. The lowest BCUT2D eigenvalue weighted by Crippen LogP contribution is -2.23. The predicted molar refractivity (Wildman–Crippen MR) is 103 cm³/mol. The highest BCUT2D eigenvalue weighted by Gasteiger charge is 2.31. The molecule has 3 heterocycles. The number of rotatable bonds is 6. The van der Waals surface area contributed by atoms with Crippen molar-refractivity contribution in [2.45, 2.75) is 13.2 Å². The number of aromatic nitrogens is 2. The van der Waals surface area contributed by atoms with Crippen molar-refractivity contribution in [2.24, 2.45) is 0 Å². The Bertz CT molecular complexity index is 1040. The van der Waals surface area contributed by atoms with Crippen molar-refractivity contribution < 1.29 is 23.4 Å². The van der Waals surface area contributed by atoms with E-state index in [-0.39, 0.29) is 24.8 Å². The summed E-state index contributed by atoms with van der Waals surface area (Å²) in [5, 5.41) is 0. The lowest BCUT2D eigenvalue weighted by molar-refractivity contribution is 0.0995. The quantitative estimate of drug-likeness (QED) is 0.637. The molecular formula is C21H18FN3O4. The van der Waals surface area contributed by atoms with Crippen LogP contribution in [0.5, 0.6) is 17.2 Å². The van der Waals surface area contributed by atoms with Gasteiger partial charge in [-0.15, -0.1) is 0 Å². The molecule has 0 atom stereocenters. The summed E-state index contributed by atoms with van der Waals surface area (Å²) in [5.74, 6) is 0.887. The fourth-order valence-electron chi connectivity index (χ4n) is 3.03. The Balaban J connectivity index is 1.52. The average molecular weight is 395 g/mol. The minimum Gasteiger partial charge on any atom is -0.495 e. The Kier molecular flexibility index (Phi) is 4.99. The number of methoxy groups -OCH3 is 2. The van der Waals surface area contributed by atoms with Crippen LogP contribution in [0.4, 0.5) is 10.2 Å². The summed E-state index contributed by atoms with van der Waals surface area (Å²) >= 11 is 0. The summed E-state index contributed by atoms with van der Waals surface area (Å²) in [5.41, 5.74) is 1.59. The van der Waals surface area contributed by atoms with Crippen LogP contribution in [-0.2, 0) is 13.2 Å². The second-order valence-corrected chi connectivity index (χ2v) is 6.37. The van der Waals surface area contributed by atoms with Crippen LogP contribution in [0.3, 0.4) is 0 Å². The smallest absolute Gasteiger partial charge is 0.260 e. The van der Waals surface area contributed by atoms with E-state index < -0.39 is 5.82 Å². The molecule has 0 bridgehead atoms. The number of benzene rings is 1. The molecule has 0 radical (unpaired) electrons. The Morgan fingerprint density at radius 3 is 2.38 bits per heavy atom. The number of hydrogen-bond donors (Lipinski definition) is 0. The molecule has 0 spiro atoms. The number of carbonyl (C=O) groups is 1. The van der Waals surface area contributed by atoms with Gasteiger partial charge in [0.1, 0.15) is 23.9 Å². The highest BCUT2D eigenvalue weighted by atomic mass is 19.1. The fourth-order valence-corrected chi connectivity index (χ4v) is 3.03.